The van der Waals surface area contributed by atoms with E-state index in [4.69, 9.17) is 11.6 Å². The smallest absolute Gasteiger partial charge is 0.300 e. The molecule has 0 radical (unpaired) electrons. The molecule has 2 aromatic rings. The van der Waals surface area contributed by atoms with Gasteiger partial charge >= 0.3 is 5.69 Å². The van der Waals surface area contributed by atoms with Crippen molar-refractivity contribution in [2.24, 2.45) is 0 Å². The lowest BCUT2D eigenvalue weighted by atomic mass is 10.3. The molecule has 0 N–H and O–H groups in total. The van der Waals surface area contributed by atoms with Gasteiger partial charge in [-0.1, -0.05) is 17.7 Å². The fourth-order valence-corrected chi connectivity index (χ4v) is 1.62. The molecule has 0 aromatic carbocycles. The highest BCUT2D eigenvalue weighted by Gasteiger charge is 2.02. The molecule has 0 unspecified atom stereocenters. The summed E-state index contributed by atoms with van der Waals surface area (Å²) in [4.78, 5) is 15.7. The summed E-state index contributed by atoms with van der Waals surface area (Å²) >= 11 is 5.69. The molecule has 0 saturated heterocycles. The van der Waals surface area contributed by atoms with Gasteiger partial charge in [0, 0.05) is 25.1 Å². The Bertz CT molecular complexity index is 527. The van der Waals surface area contributed by atoms with Crippen molar-refractivity contribution >= 4 is 11.6 Å². The normalized spacial score (nSPS) is 10.6. The summed E-state index contributed by atoms with van der Waals surface area (Å²) in [6, 6.07) is 3.59. The predicted octanol–water partition coefficient (Wildman–Crippen LogP) is 1.77. The van der Waals surface area contributed by atoms with Gasteiger partial charge in [0.1, 0.15) is 5.15 Å². The SMILES string of the molecule is CCn1ccn(Cc2ccc(Cl)nc2)c1=O. The van der Waals surface area contributed by atoms with Crippen LogP contribution in [0.25, 0.3) is 0 Å². The Kier molecular flexibility index (Phi) is 3.10. The summed E-state index contributed by atoms with van der Waals surface area (Å²) in [5.41, 5.74) is 0.956. The maximum Gasteiger partial charge on any atom is 0.328 e. The molecule has 0 amide bonds. The average molecular weight is 238 g/mol. The molecule has 0 atom stereocenters. The van der Waals surface area contributed by atoms with E-state index >= 15 is 0 Å². The molecule has 2 heterocycles. The lowest BCUT2D eigenvalue weighted by Gasteiger charge is -2.01. The maximum atomic E-state index is 11.8. The van der Waals surface area contributed by atoms with Gasteiger partial charge in [-0.2, -0.15) is 0 Å². The van der Waals surface area contributed by atoms with Crippen molar-refractivity contribution < 1.29 is 0 Å². The van der Waals surface area contributed by atoms with Crippen molar-refractivity contribution in [1.82, 2.24) is 14.1 Å². The van der Waals surface area contributed by atoms with Crippen LogP contribution in [0.15, 0.2) is 35.5 Å². The third-order valence-corrected chi connectivity index (χ3v) is 2.62. The molecule has 0 bridgehead atoms. The van der Waals surface area contributed by atoms with Crippen LogP contribution in [0.5, 0.6) is 0 Å². The zero-order chi connectivity index (χ0) is 11.5. The fraction of sp³-hybridized carbons (Fsp3) is 0.273. The molecule has 2 aromatic heterocycles. The lowest BCUT2D eigenvalue weighted by molar-refractivity contribution is 0.667. The average Bonchev–Trinajstić information content (AvgIpc) is 2.63. The van der Waals surface area contributed by atoms with E-state index in [0.29, 0.717) is 18.2 Å². The second kappa shape index (κ2) is 4.53. The molecule has 0 aliphatic rings. The molecule has 0 fully saturated rings. The first-order valence-electron chi connectivity index (χ1n) is 5.06. The molecular weight excluding hydrogens is 226 g/mol. The van der Waals surface area contributed by atoms with E-state index in [2.05, 4.69) is 4.98 Å². The minimum absolute atomic E-state index is 0.00236. The van der Waals surface area contributed by atoms with Gasteiger partial charge in [-0.15, -0.1) is 0 Å². The maximum absolute atomic E-state index is 11.8. The molecule has 0 saturated carbocycles. The second-order valence-corrected chi connectivity index (χ2v) is 3.87. The number of aryl methyl sites for hydroxylation is 1. The summed E-state index contributed by atoms with van der Waals surface area (Å²) in [5, 5.41) is 0.460. The Morgan fingerprint density at radius 1 is 1.31 bits per heavy atom. The van der Waals surface area contributed by atoms with Crippen LogP contribution in [-0.4, -0.2) is 14.1 Å². The van der Waals surface area contributed by atoms with E-state index in [1.54, 1.807) is 33.8 Å². The first kappa shape index (κ1) is 11.0. The van der Waals surface area contributed by atoms with Gasteiger partial charge in [0.15, 0.2) is 0 Å². The first-order valence-corrected chi connectivity index (χ1v) is 5.44. The van der Waals surface area contributed by atoms with E-state index in [1.807, 2.05) is 13.0 Å². The highest BCUT2D eigenvalue weighted by atomic mass is 35.5. The molecule has 5 heteroatoms. The van der Waals surface area contributed by atoms with Crippen molar-refractivity contribution in [1.29, 1.82) is 0 Å². The number of hydrogen-bond donors (Lipinski definition) is 0. The summed E-state index contributed by atoms with van der Waals surface area (Å²) in [6.07, 6.45) is 5.24. The van der Waals surface area contributed by atoms with E-state index in [0.717, 1.165) is 5.56 Å². The largest absolute Gasteiger partial charge is 0.328 e. The third kappa shape index (κ3) is 2.17. The van der Waals surface area contributed by atoms with Gasteiger partial charge in [-0.25, -0.2) is 9.78 Å². The Balaban J connectivity index is 2.24. The molecule has 84 valence electrons. The number of nitrogens with zero attached hydrogens (tertiary/aromatic N) is 3. The van der Waals surface area contributed by atoms with Crippen molar-refractivity contribution in [2.75, 3.05) is 0 Å². The van der Waals surface area contributed by atoms with Crippen molar-refractivity contribution in [3.8, 4) is 0 Å². The Labute approximate surface area is 98.1 Å². The lowest BCUT2D eigenvalue weighted by Crippen LogP contribution is -2.23. The highest BCUT2D eigenvalue weighted by Crippen LogP contribution is 2.06. The number of rotatable bonds is 3. The summed E-state index contributed by atoms with van der Waals surface area (Å²) < 4.78 is 3.30. The highest BCUT2D eigenvalue weighted by molar-refractivity contribution is 6.29. The Morgan fingerprint density at radius 3 is 2.62 bits per heavy atom. The molecule has 16 heavy (non-hydrogen) atoms. The number of aromatic nitrogens is 3. The minimum Gasteiger partial charge on any atom is -0.300 e. The third-order valence-electron chi connectivity index (χ3n) is 2.40. The van der Waals surface area contributed by atoms with Crippen LogP contribution in [0.2, 0.25) is 5.15 Å². The van der Waals surface area contributed by atoms with Gasteiger partial charge in [-0.3, -0.25) is 9.13 Å². The summed E-state index contributed by atoms with van der Waals surface area (Å²) in [6.45, 7) is 3.15. The fourth-order valence-electron chi connectivity index (χ4n) is 1.51. The van der Waals surface area contributed by atoms with Crippen LogP contribution in [0.3, 0.4) is 0 Å². The van der Waals surface area contributed by atoms with Gasteiger partial charge in [0.2, 0.25) is 0 Å². The standard InChI is InChI=1S/C11H12ClN3O/c1-2-14-5-6-15(11(14)16)8-9-3-4-10(12)13-7-9/h3-7H,2,8H2,1H3. The molecule has 2 rings (SSSR count). The van der Waals surface area contributed by atoms with E-state index in [-0.39, 0.29) is 5.69 Å². The van der Waals surface area contributed by atoms with Crippen molar-refractivity contribution in [3.05, 3.63) is 51.9 Å². The van der Waals surface area contributed by atoms with E-state index in [9.17, 15) is 4.79 Å². The number of imidazole rings is 1. The summed E-state index contributed by atoms with van der Waals surface area (Å²) in [5.74, 6) is 0. The Morgan fingerprint density at radius 2 is 2.06 bits per heavy atom. The van der Waals surface area contributed by atoms with Crippen molar-refractivity contribution in [3.63, 3.8) is 0 Å². The second-order valence-electron chi connectivity index (χ2n) is 3.48. The van der Waals surface area contributed by atoms with Crippen LogP contribution in [0.4, 0.5) is 0 Å². The predicted molar refractivity (Wildman–Crippen MR) is 62.7 cm³/mol. The zero-order valence-corrected chi connectivity index (χ0v) is 9.68. The first-order chi connectivity index (χ1) is 7.70. The zero-order valence-electron chi connectivity index (χ0n) is 8.93. The van der Waals surface area contributed by atoms with Gasteiger partial charge in [0.05, 0.1) is 6.54 Å². The van der Waals surface area contributed by atoms with Crippen LogP contribution < -0.4 is 5.69 Å². The van der Waals surface area contributed by atoms with E-state index in [1.165, 1.54) is 0 Å². The molecule has 0 spiro atoms. The summed E-state index contributed by atoms with van der Waals surface area (Å²) in [7, 11) is 0. The molecule has 0 aliphatic heterocycles. The van der Waals surface area contributed by atoms with Gasteiger partial charge in [-0.05, 0) is 18.6 Å². The van der Waals surface area contributed by atoms with Gasteiger partial charge < -0.3 is 0 Å². The van der Waals surface area contributed by atoms with E-state index < -0.39 is 0 Å². The molecular formula is C11H12ClN3O. The topological polar surface area (TPSA) is 39.8 Å². The van der Waals surface area contributed by atoms with Crippen LogP contribution in [0, 0.1) is 0 Å². The molecule has 4 nitrogen and oxygen atoms in total. The van der Waals surface area contributed by atoms with Crippen LogP contribution >= 0.6 is 11.6 Å². The van der Waals surface area contributed by atoms with Crippen LogP contribution in [-0.2, 0) is 13.1 Å². The Hall–Kier alpha value is -1.55. The molecule has 0 aliphatic carbocycles. The van der Waals surface area contributed by atoms with Gasteiger partial charge in [0.25, 0.3) is 0 Å². The monoisotopic (exact) mass is 237 g/mol. The number of pyridine rings is 1. The number of halogens is 1. The van der Waals surface area contributed by atoms with Crippen LogP contribution in [0.1, 0.15) is 12.5 Å². The minimum atomic E-state index is -0.00236. The van der Waals surface area contributed by atoms with Crippen molar-refractivity contribution in [2.45, 2.75) is 20.0 Å². The number of hydrogen-bond acceptors (Lipinski definition) is 2. The quantitative estimate of drug-likeness (QED) is 0.764.